The van der Waals surface area contributed by atoms with E-state index in [4.69, 9.17) is 4.74 Å². The Bertz CT molecular complexity index is 5670. The molecule has 5 heterocycles. The van der Waals surface area contributed by atoms with Gasteiger partial charge in [-0.25, -0.2) is 0 Å². The van der Waals surface area contributed by atoms with Crippen LogP contribution in [0.2, 0.25) is 0 Å². The van der Waals surface area contributed by atoms with Gasteiger partial charge in [0.05, 0.1) is 16.8 Å². The first-order valence-corrected chi connectivity index (χ1v) is 35.3. The van der Waals surface area contributed by atoms with Gasteiger partial charge in [-0.3, -0.25) is 0 Å². The SMILES string of the molecule is c1ccc(N(c2ccccc2)c2cc3c4c(c2)N(c2ccccc2)c2ccccc2B4c2cc4c(cc2O3)Sc2cc3c(cc2C42c4ccccc4-c4ccccc42)B2c4ccccc4N(c4ccccc4)c4cc(N(c5ccccc5)c5ccccc5)cc(c42)N3c2ccccc2)cc1. The van der Waals surface area contributed by atoms with Crippen molar-refractivity contribution in [1.82, 2.24) is 0 Å². The van der Waals surface area contributed by atoms with E-state index in [0.29, 0.717) is 0 Å². The van der Waals surface area contributed by atoms with E-state index in [1.54, 1.807) is 0 Å². The normalized spacial score (nSPS) is 13.8. The van der Waals surface area contributed by atoms with E-state index < -0.39 is 5.41 Å². The van der Waals surface area contributed by atoms with Gasteiger partial charge >= 0.3 is 0 Å². The van der Waals surface area contributed by atoms with E-state index >= 15 is 0 Å². The molecule has 15 aromatic rings. The van der Waals surface area contributed by atoms with E-state index in [1.807, 2.05) is 11.8 Å². The van der Waals surface area contributed by atoms with Gasteiger partial charge in [-0.15, -0.1) is 0 Å². The molecule has 9 heteroatoms. The van der Waals surface area contributed by atoms with Gasteiger partial charge in [-0.05, 0) is 194 Å². The van der Waals surface area contributed by atoms with Crippen LogP contribution < -0.4 is 62.0 Å². The molecule has 0 unspecified atom stereocenters. The number of hydrogen-bond donors (Lipinski definition) is 0. The smallest absolute Gasteiger partial charge is 0.256 e. The number of nitrogens with zero attached hydrogens (tertiary/aromatic N) is 5. The maximum absolute atomic E-state index is 7.77. The zero-order valence-corrected chi connectivity index (χ0v) is 55.1. The minimum atomic E-state index is -0.767. The minimum absolute atomic E-state index is 0.171. The van der Waals surface area contributed by atoms with Crippen LogP contribution in [0, 0.1) is 0 Å². The first-order valence-electron chi connectivity index (χ1n) is 34.5. The quantitative estimate of drug-likeness (QED) is 0.133. The predicted octanol–water partition coefficient (Wildman–Crippen LogP) is 19.9. The zero-order valence-electron chi connectivity index (χ0n) is 54.3. The topological polar surface area (TPSA) is 25.4 Å². The van der Waals surface area contributed by atoms with Crippen LogP contribution in [0.5, 0.6) is 11.5 Å². The fraction of sp³-hybridized carbons (Fsp3) is 0.0110. The Kier molecular flexibility index (Phi) is 12.7. The first-order chi connectivity index (χ1) is 49.6. The molecule has 0 saturated heterocycles. The lowest BCUT2D eigenvalue weighted by Gasteiger charge is -2.47. The molecule has 0 bridgehead atoms. The lowest BCUT2D eigenvalue weighted by molar-refractivity contribution is 0.485. The Labute approximate surface area is 586 Å². The van der Waals surface area contributed by atoms with Crippen molar-refractivity contribution in [2.24, 2.45) is 0 Å². The van der Waals surface area contributed by atoms with Gasteiger partial charge in [-0.2, -0.15) is 0 Å². The molecule has 0 N–H and O–H groups in total. The molecule has 15 aromatic carbocycles. The third-order valence-corrected chi connectivity index (χ3v) is 22.5. The number of ether oxygens (including phenoxy) is 1. The molecule has 0 aromatic heterocycles. The summed E-state index contributed by atoms with van der Waals surface area (Å²) in [6.07, 6.45) is 0. The lowest BCUT2D eigenvalue weighted by atomic mass is 9.33. The molecule has 5 aliphatic heterocycles. The molecule has 0 amide bonds. The summed E-state index contributed by atoms with van der Waals surface area (Å²) < 4.78 is 7.77. The van der Waals surface area contributed by atoms with Crippen molar-refractivity contribution in [2.45, 2.75) is 15.2 Å². The Morgan fingerprint density at radius 1 is 0.260 bits per heavy atom. The lowest BCUT2D eigenvalue weighted by Crippen LogP contribution is -2.61. The Morgan fingerprint density at radius 3 is 1.09 bits per heavy atom. The summed E-state index contributed by atoms with van der Waals surface area (Å²) in [5, 5.41) is 0. The Balaban J connectivity index is 0.836. The zero-order chi connectivity index (χ0) is 65.6. The van der Waals surface area contributed by atoms with Crippen molar-refractivity contribution in [2.75, 3.05) is 24.5 Å². The maximum atomic E-state index is 7.77. The second-order valence-corrected chi connectivity index (χ2v) is 27.7. The van der Waals surface area contributed by atoms with Crippen LogP contribution in [0.4, 0.5) is 85.3 Å². The van der Waals surface area contributed by atoms with Gasteiger partial charge in [0.15, 0.2) is 0 Å². The van der Waals surface area contributed by atoms with Crippen molar-refractivity contribution in [3.63, 3.8) is 0 Å². The molecule has 0 saturated carbocycles. The average molecular weight is 1290 g/mol. The van der Waals surface area contributed by atoms with E-state index in [0.717, 1.165) is 113 Å². The summed E-state index contributed by atoms with van der Waals surface area (Å²) in [7, 11) is 0. The number of anilines is 15. The molecule has 466 valence electrons. The number of fused-ring (bicyclic) bond motifs is 17. The highest BCUT2D eigenvalue weighted by Gasteiger charge is 2.54. The van der Waals surface area contributed by atoms with Crippen molar-refractivity contribution < 1.29 is 4.74 Å². The number of rotatable bonds is 9. The van der Waals surface area contributed by atoms with Gasteiger partial charge in [0.1, 0.15) is 11.5 Å². The maximum Gasteiger partial charge on any atom is 0.256 e. The third kappa shape index (κ3) is 8.30. The molecule has 6 aliphatic rings. The van der Waals surface area contributed by atoms with Gasteiger partial charge in [-0.1, -0.05) is 236 Å². The molecular formula is C91H59B2N5OS. The van der Waals surface area contributed by atoms with E-state index in [2.05, 4.69) is 382 Å². The van der Waals surface area contributed by atoms with Crippen LogP contribution in [-0.4, -0.2) is 13.4 Å². The minimum Gasteiger partial charge on any atom is -0.458 e. The Morgan fingerprint density at radius 2 is 0.620 bits per heavy atom. The molecular weight excluding hydrogens is 1230 g/mol. The van der Waals surface area contributed by atoms with Gasteiger partial charge in [0.2, 0.25) is 0 Å². The van der Waals surface area contributed by atoms with Crippen LogP contribution in [0.1, 0.15) is 22.3 Å². The van der Waals surface area contributed by atoms with Crippen molar-refractivity contribution in [3.05, 3.63) is 380 Å². The summed E-state index contributed by atoms with van der Waals surface area (Å²) >= 11 is 1.88. The van der Waals surface area contributed by atoms with Crippen molar-refractivity contribution >= 4 is 143 Å². The number of para-hydroxylation sites is 9. The molecule has 1 aliphatic carbocycles. The average Bonchev–Trinajstić information content (AvgIpc) is 1.59. The van der Waals surface area contributed by atoms with Crippen molar-refractivity contribution in [3.8, 4) is 22.6 Å². The van der Waals surface area contributed by atoms with Crippen LogP contribution in [-0.2, 0) is 5.41 Å². The fourth-order valence-corrected chi connectivity index (χ4v) is 18.7. The summed E-state index contributed by atoms with van der Waals surface area (Å²) in [4.78, 5) is 14.7. The van der Waals surface area contributed by atoms with Gasteiger partial charge in [0, 0.05) is 89.8 Å². The monoisotopic (exact) mass is 1290 g/mol. The number of benzene rings is 15. The standard InChI is InChI=1S/C91H59B2N5OS/c1-8-30-60(31-9-1)94(61-32-10-2-11-33-61)67-52-82-89-83(53-67)98(66-42-20-7-21-43-66)81-58-87-73(56-77(81)92(89)75-48-26-28-50-79(75)96(82)64-38-16-5-17-39-64)91(71-46-24-22-44-69(71)70-45-23-25-47-72(70)91)74-57-78-85(59-88(74)100-87)99-86-55-68(95(62-34-12-3-13-35-62)63-36-14-4-15-37-63)54-84-90(86)93(78)76-49-27-29-51-80(76)97(84)65-40-18-6-19-41-65/h1-59H. The molecule has 1 spiro atoms. The van der Waals surface area contributed by atoms with Gasteiger partial charge in [0.25, 0.3) is 13.4 Å². The largest absolute Gasteiger partial charge is 0.458 e. The summed E-state index contributed by atoms with van der Waals surface area (Å²) in [5.74, 6) is 1.70. The van der Waals surface area contributed by atoms with Crippen LogP contribution in [0.25, 0.3) is 11.1 Å². The molecule has 21 rings (SSSR count). The number of hydrogen-bond acceptors (Lipinski definition) is 7. The van der Waals surface area contributed by atoms with E-state index in [1.165, 1.54) is 60.1 Å². The second-order valence-electron chi connectivity index (χ2n) is 26.6. The molecule has 0 atom stereocenters. The highest BCUT2D eigenvalue weighted by Crippen LogP contribution is 2.64. The van der Waals surface area contributed by atoms with E-state index in [9.17, 15) is 0 Å². The van der Waals surface area contributed by atoms with Crippen LogP contribution in [0.15, 0.2) is 368 Å². The summed E-state index contributed by atoms with van der Waals surface area (Å²) in [6, 6.07) is 133. The Hall–Kier alpha value is -12.4. The van der Waals surface area contributed by atoms with Crippen LogP contribution in [0.3, 0.4) is 0 Å². The highest BCUT2D eigenvalue weighted by atomic mass is 32.2. The summed E-state index contributed by atoms with van der Waals surface area (Å²) in [5.41, 5.74) is 30.6. The van der Waals surface area contributed by atoms with Gasteiger partial charge < -0.3 is 29.2 Å². The predicted molar refractivity (Wildman–Crippen MR) is 417 cm³/mol. The molecule has 0 fully saturated rings. The second kappa shape index (κ2) is 22.3. The van der Waals surface area contributed by atoms with Crippen LogP contribution >= 0.6 is 11.8 Å². The van der Waals surface area contributed by atoms with Crippen molar-refractivity contribution in [1.29, 1.82) is 0 Å². The highest BCUT2D eigenvalue weighted by molar-refractivity contribution is 7.99. The molecule has 100 heavy (non-hydrogen) atoms. The molecule has 6 nitrogen and oxygen atoms in total. The molecule has 0 radical (unpaired) electrons. The fourth-order valence-electron chi connectivity index (χ4n) is 17.5. The third-order valence-electron chi connectivity index (χ3n) is 21.4. The summed E-state index contributed by atoms with van der Waals surface area (Å²) in [6.45, 7) is -0.356. The first kappa shape index (κ1) is 56.7. The van der Waals surface area contributed by atoms with E-state index in [-0.39, 0.29) is 13.4 Å².